The maximum Gasteiger partial charge on any atom is 0.153 e. The quantitative estimate of drug-likeness (QED) is 0.634. The molecule has 1 saturated heterocycles. The second-order valence-corrected chi connectivity index (χ2v) is 9.57. The van der Waals surface area contributed by atoms with Crippen molar-refractivity contribution in [1.82, 2.24) is 14.8 Å². The summed E-state index contributed by atoms with van der Waals surface area (Å²) in [7, 11) is 0. The number of allylic oxidation sites excluding steroid dienone is 4. The van der Waals surface area contributed by atoms with Crippen LogP contribution in [0.5, 0.6) is 0 Å². The molecule has 1 aromatic carbocycles. The first-order valence-electron chi connectivity index (χ1n) is 12.0. The molecule has 4 nitrogen and oxygen atoms in total. The van der Waals surface area contributed by atoms with E-state index >= 15 is 0 Å². The van der Waals surface area contributed by atoms with Crippen LogP contribution in [-0.4, -0.2) is 47.0 Å². The highest BCUT2D eigenvalue weighted by atomic mass is 19.1. The molecule has 6 heteroatoms. The minimum absolute atomic E-state index is 0.100. The van der Waals surface area contributed by atoms with Gasteiger partial charge in [-0.25, -0.2) is 8.78 Å². The zero-order chi connectivity index (χ0) is 22.4. The number of nitrogens with one attached hydrogen (secondary N) is 1. The molecule has 0 bridgehead atoms. The Morgan fingerprint density at radius 3 is 2.64 bits per heavy atom. The van der Waals surface area contributed by atoms with Crippen molar-refractivity contribution < 1.29 is 13.5 Å². The molecule has 0 amide bonds. The lowest BCUT2D eigenvalue weighted by Crippen LogP contribution is -2.51. The fraction of sp³-hybridized carbons (Fsp3) is 0.407. The molecule has 2 aliphatic carbocycles. The van der Waals surface area contributed by atoms with E-state index in [2.05, 4.69) is 21.0 Å². The van der Waals surface area contributed by atoms with Gasteiger partial charge in [-0.2, -0.15) is 0 Å². The largest absolute Gasteiger partial charge is 0.463 e. The van der Waals surface area contributed by atoms with E-state index in [1.54, 1.807) is 18.4 Å². The Labute approximate surface area is 192 Å². The van der Waals surface area contributed by atoms with E-state index in [1.807, 2.05) is 18.2 Å². The number of hydrogen-bond donors (Lipinski definition) is 1. The standard InChI is InChI=1S/C27H29F2N3O/c28-20-5-8-25-23(15-20)24(17-30-25)18-3-6-22(7-4-18)31-9-11-32(12-10-31)26-16-21(29)14-19-2-1-13-33-27(19)26/h1-2,5,8,13-15,17-18,22,30H,3-4,6-7,9-12,16H2. The van der Waals surface area contributed by atoms with E-state index in [4.69, 9.17) is 4.74 Å². The molecule has 2 aliphatic heterocycles. The maximum absolute atomic E-state index is 14.2. The van der Waals surface area contributed by atoms with E-state index in [0.717, 1.165) is 67.0 Å². The summed E-state index contributed by atoms with van der Waals surface area (Å²) in [6, 6.07) is 5.60. The zero-order valence-corrected chi connectivity index (χ0v) is 18.7. The molecule has 1 N–H and O–H groups in total. The molecule has 1 saturated carbocycles. The van der Waals surface area contributed by atoms with Gasteiger partial charge in [-0.3, -0.25) is 4.90 Å². The molecular formula is C27H29F2N3O. The molecule has 172 valence electrons. The smallest absolute Gasteiger partial charge is 0.153 e. The van der Waals surface area contributed by atoms with Gasteiger partial charge in [0.15, 0.2) is 5.76 Å². The van der Waals surface area contributed by atoms with Crippen LogP contribution in [0.25, 0.3) is 10.9 Å². The molecular weight excluding hydrogens is 420 g/mol. The highest BCUT2D eigenvalue weighted by Gasteiger charge is 2.32. The molecule has 2 fully saturated rings. The summed E-state index contributed by atoms with van der Waals surface area (Å²) in [6.45, 7) is 3.78. The lowest BCUT2D eigenvalue weighted by molar-refractivity contribution is 0.0867. The number of ether oxygens (including phenoxy) is 1. The van der Waals surface area contributed by atoms with Crippen LogP contribution in [0.2, 0.25) is 0 Å². The van der Waals surface area contributed by atoms with Crippen molar-refractivity contribution in [2.75, 3.05) is 26.2 Å². The van der Waals surface area contributed by atoms with Gasteiger partial charge < -0.3 is 14.6 Å². The third kappa shape index (κ3) is 3.90. The Kier molecular flexibility index (Phi) is 5.33. The Morgan fingerprint density at radius 1 is 1.00 bits per heavy atom. The van der Waals surface area contributed by atoms with Gasteiger partial charge in [0.2, 0.25) is 0 Å². The van der Waals surface area contributed by atoms with Gasteiger partial charge in [0.05, 0.1) is 12.0 Å². The fourth-order valence-electron chi connectivity index (χ4n) is 6.02. The predicted molar refractivity (Wildman–Crippen MR) is 126 cm³/mol. The SMILES string of the molecule is FC1=CC2=CC=COC2=C(N2CCN(C3CCC(c4c[nH]c5ccc(F)cc45)CC3)CC2)C1. The number of halogens is 2. The molecule has 2 aromatic rings. The van der Waals surface area contributed by atoms with Gasteiger partial charge in [-0.1, -0.05) is 0 Å². The van der Waals surface area contributed by atoms with Crippen molar-refractivity contribution in [1.29, 1.82) is 0 Å². The molecule has 6 rings (SSSR count). The fourth-order valence-corrected chi connectivity index (χ4v) is 6.02. The summed E-state index contributed by atoms with van der Waals surface area (Å²) in [5.74, 6) is 1.03. The zero-order valence-electron chi connectivity index (χ0n) is 18.7. The predicted octanol–water partition coefficient (Wildman–Crippen LogP) is 5.89. The number of benzene rings is 1. The topological polar surface area (TPSA) is 31.5 Å². The van der Waals surface area contributed by atoms with Gasteiger partial charge in [0.25, 0.3) is 0 Å². The number of aromatic nitrogens is 1. The molecule has 1 aromatic heterocycles. The van der Waals surface area contributed by atoms with Gasteiger partial charge in [0.1, 0.15) is 11.6 Å². The Hall–Kier alpha value is -2.86. The monoisotopic (exact) mass is 449 g/mol. The number of hydrogen-bond acceptors (Lipinski definition) is 3. The lowest BCUT2D eigenvalue weighted by Gasteiger charge is -2.44. The molecule has 0 spiro atoms. The first-order chi connectivity index (χ1) is 16.2. The normalized spacial score (nSPS) is 26.2. The van der Waals surface area contributed by atoms with Crippen molar-refractivity contribution in [3.05, 3.63) is 83.1 Å². The number of rotatable bonds is 3. The summed E-state index contributed by atoms with van der Waals surface area (Å²) in [6.07, 6.45) is 14.0. The highest BCUT2D eigenvalue weighted by Crippen LogP contribution is 2.39. The number of H-pyrrole nitrogens is 1. The van der Waals surface area contributed by atoms with Crippen LogP contribution < -0.4 is 0 Å². The molecule has 0 radical (unpaired) electrons. The summed E-state index contributed by atoms with van der Waals surface area (Å²) in [4.78, 5) is 8.22. The Balaban J connectivity index is 1.08. The minimum Gasteiger partial charge on any atom is -0.463 e. The van der Waals surface area contributed by atoms with E-state index in [0.29, 0.717) is 18.4 Å². The van der Waals surface area contributed by atoms with E-state index in [9.17, 15) is 8.78 Å². The second kappa shape index (κ2) is 8.49. The lowest BCUT2D eigenvalue weighted by atomic mass is 9.81. The van der Waals surface area contributed by atoms with Crippen LogP contribution in [0.15, 0.2) is 71.7 Å². The summed E-state index contributed by atoms with van der Waals surface area (Å²) >= 11 is 0. The third-order valence-electron chi connectivity index (χ3n) is 7.74. The van der Waals surface area contributed by atoms with Crippen LogP contribution in [-0.2, 0) is 4.74 Å². The van der Waals surface area contributed by atoms with Crippen LogP contribution in [0.3, 0.4) is 0 Å². The van der Waals surface area contributed by atoms with Crippen molar-refractivity contribution in [3.63, 3.8) is 0 Å². The first kappa shape index (κ1) is 20.7. The van der Waals surface area contributed by atoms with Crippen molar-refractivity contribution in [3.8, 4) is 0 Å². The summed E-state index contributed by atoms with van der Waals surface area (Å²) < 4.78 is 33.8. The van der Waals surface area contributed by atoms with E-state index < -0.39 is 0 Å². The first-order valence-corrected chi connectivity index (χ1v) is 12.0. The maximum atomic E-state index is 14.2. The minimum atomic E-state index is -0.170. The number of aromatic amines is 1. The molecule has 0 atom stereocenters. The third-order valence-corrected chi connectivity index (χ3v) is 7.74. The van der Waals surface area contributed by atoms with Crippen LogP contribution in [0.1, 0.15) is 43.6 Å². The number of fused-ring (bicyclic) bond motifs is 2. The van der Waals surface area contributed by atoms with E-state index in [-0.39, 0.29) is 11.6 Å². The van der Waals surface area contributed by atoms with Crippen LogP contribution in [0.4, 0.5) is 8.78 Å². The van der Waals surface area contributed by atoms with Crippen LogP contribution >= 0.6 is 0 Å². The van der Waals surface area contributed by atoms with Gasteiger partial charge in [-0.15, -0.1) is 0 Å². The highest BCUT2D eigenvalue weighted by molar-refractivity contribution is 5.83. The Bertz CT molecular complexity index is 1180. The summed E-state index contributed by atoms with van der Waals surface area (Å²) in [5.41, 5.74) is 4.08. The van der Waals surface area contributed by atoms with Crippen molar-refractivity contribution >= 4 is 10.9 Å². The van der Waals surface area contributed by atoms with E-state index in [1.165, 1.54) is 24.5 Å². The van der Waals surface area contributed by atoms with Crippen molar-refractivity contribution in [2.45, 2.75) is 44.1 Å². The average Bonchev–Trinajstić information content (AvgIpc) is 3.27. The molecule has 0 unspecified atom stereocenters. The van der Waals surface area contributed by atoms with Crippen LogP contribution in [0, 0.1) is 5.82 Å². The summed E-state index contributed by atoms with van der Waals surface area (Å²) in [5, 5.41) is 1.03. The molecule has 3 heterocycles. The van der Waals surface area contributed by atoms with Gasteiger partial charge in [-0.05, 0) is 73.6 Å². The second-order valence-electron chi connectivity index (χ2n) is 9.57. The average molecular weight is 450 g/mol. The molecule has 4 aliphatic rings. The van der Waals surface area contributed by atoms with Gasteiger partial charge >= 0.3 is 0 Å². The van der Waals surface area contributed by atoms with Crippen molar-refractivity contribution in [2.24, 2.45) is 0 Å². The van der Waals surface area contributed by atoms with Gasteiger partial charge in [0, 0.05) is 61.3 Å². The Morgan fingerprint density at radius 2 is 1.82 bits per heavy atom. The molecule has 33 heavy (non-hydrogen) atoms. The number of piperazine rings is 1. The number of nitrogens with zero attached hydrogens (tertiary/aromatic N) is 2.